The van der Waals surface area contributed by atoms with Crippen LogP contribution >= 0.6 is 0 Å². The molecule has 1 amide bonds. The van der Waals surface area contributed by atoms with Gasteiger partial charge in [0.2, 0.25) is 5.91 Å². The summed E-state index contributed by atoms with van der Waals surface area (Å²) in [4.78, 5) is 25.1. The molecule has 4 bridgehead atoms. The van der Waals surface area contributed by atoms with E-state index >= 15 is 0 Å². The van der Waals surface area contributed by atoms with E-state index in [2.05, 4.69) is 19.2 Å². The van der Waals surface area contributed by atoms with E-state index in [9.17, 15) is 14.7 Å². The number of carboxylic acid groups (broad SMARTS) is 1. The van der Waals surface area contributed by atoms with Gasteiger partial charge < -0.3 is 15.2 Å². The number of hydrogen-bond acceptors (Lipinski definition) is 3. The van der Waals surface area contributed by atoms with Crippen molar-refractivity contribution < 1.29 is 19.4 Å². The maximum Gasteiger partial charge on any atom is 0.311 e. The third kappa shape index (κ3) is 2.79. The summed E-state index contributed by atoms with van der Waals surface area (Å²) < 4.78 is 5.33. The average molecular weight is 349 g/mol. The fourth-order valence-corrected chi connectivity index (χ4v) is 7.37. The average Bonchev–Trinajstić information content (AvgIpc) is 2.49. The lowest BCUT2D eigenvalue weighted by molar-refractivity contribution is -0.171. The van der Waals surface area contributed by atoms with Crippen molar-refractivity contribution in [3.8, 4) is 0 Å². The van der Waals surface area contributed by atoms with Crippen LogP contribution in [0.1, 0.15) is 65.2 Å². The summed E-state index contributed by atoms with van der Waals surface area (Å²) in [6.07, 6.45) is 7.65. The zero-order chi connectivity index (χ0) is 17.9. The first-order valence-electron chi connectivity index (χ1n) is 9.78. The molecular formula is C20H31NO4. The van der Waals surface area contributed by atoms with Crippen LogP contribution in [0.25, 0.3) is 0 Å². The molecule has 0 radical (unpaired) electrons. The Bertz CT molecular complexity index is 577. The second-order valence-electron chi connectivity index (χ2n) is 10.3. The largest absolute Gasteiger partial charge is 0.481 e. The molecule has 0 aromatic heterocycles. The molecule has 4 aliphatic carbocycles. The van der Waals surface area contributed by atoms with Crippen molar-refractivity contribution in [3.05, 3.63) is 0 Å². The molecule has 1 saturated heterocycles. The molecule has 140 valence electrons. The zero-order valence-corrected chi connectivity index (χ0v) is 15.5. The Hall–Kier alpha value is -1.10. The summed E-state index contributed by atoms with van der Waals surface area (Å²) in [5.74, 6) is -0.0322. The Kier molecular flexibility index (Phi) is 3.77. The Morgan fingerprint density at radius 2 is 1.64 bits per heavy atom. The number of aliphatic carboxylic acids is 1. The van der Waals surface area contributed by atoms with Crippen LogP contribution < -0.4 is 5.32 Å². The van der Waals surface area contributed by atoms with Crippen LogP contribution in [-0.4, -0.2) is 36.7 Å². The highest BCUT2D eigenvalue weighted by molar-refractivity contribution is 5.84. The van der Waals surface area contributed by atoms with Gasteiger partial charge in [0.15, 0.2) is 0 Å². The predicted molar refractivity (Wildman–Crippen MR) is 93.0 cm³/mol. The lowest BCUT2D eigenvalue weighted by Crippen LogP contribution is -2.60. The smallest absolute Gasteiger partial charge is 0.311 e. The van der Waals surface area contributed by atoms with Gasteiger partial charge in [-0.05, 0) is 68.1 Å². The molecular weight excluding hydrogens is 318 g/mol. The third-order valence-corrected chi connectivity index (χ3v) is 7.60. The van der Waals surface area contributed by atoms with E-state index in [1.165, 1.54) is 19.3 Å². The van der Waals surface area contributed by atoms with Crippen LogP contribution in [0, 0.1) is 27.6 Å². The van der Waals surface area contributed by atoms with Crippen LogP contribution in [0.4, 0.5) is 0 Å². The van der Waals surface area contributed by atoms with E-state index in [0.717, 1.165) is 19.3 Å². The Morgan fingerprint density at radius 3 is 2.16 bits per heavy atom. The SMILES string of the molecule is CC12CC3CC(C)(C1)CC(C(=O)NCC1(C(=O)O)CCOCC1)(C3)C2. The molecule has 5 nitrogen and oxygen atoms in total. The number of carbonyl (C=O) groups excluding carboxylic acids is 1. The first kappa shape index (κ1) is 17.3. The Labute approximate surface area is 149 Å². The number of hydrogen-bond donors (Lipinski definition) is 2. The maximum absolute atomic E-state index is 13.3. The van der Waals surface area contributed by atoms with Gasteiger partial charge in [-0.1, -0.05) is 13.8 Å². The highest BCUT2D eigenvalue weighted by Crippen LogP contribution is 2.69. The van der Waals surface area contributed by atoms with Gasteiger partial charge in [0.25, 0.3) is 0 Å². The number of nitrogens with one attached hydrogen (secondary N) is 1. The van der Waals surface area contributed by atoms with Crippen LogP contribution in [0.5, 0.6) is 0 Å². The van der Waals surface area contributed by atoms with Gasteiger partial charge in [-0.3, -0.25) is 9.59 Å². The predicted octanol–water partition coefficient (Wildman–Crippen LogP) is 2.98. The summed E-state index contributed by atoms with van der Waals surface area (Å²) in [7, 11) is 0. The molecule has 5 fully saturated rings. The third-order valence-electron chi connectivity index (χ3n) is 7.60. The van der Waals surface area contributed by atoms with E-state index in [4.69, 9.17) is 4.74 Å². The van der Waals surface area contributed by atoms with Gasteiger partial charge in [-0.15, -0.1) is 0 Å². The van der Waals surface area contributed by atoms with Gasteiger partial charge in [-0.25, -0.2) is 0 Å². The number of rotatable bonds is 4. The summed E-state index contributed by atoms with van der Waals surface area (Å²) in [5, 5.41) is 12.8. The molecule has 2 atom stereocenters. The maximum atomic E-state index is 13.3. The first-order chi connectivity index (χ1) is 11.7. The fourth-order valence-electron chi connectivity index (χ4n) is 7.37. The summed E-state index contributed by atoms with van der Waals surface area (Å²) in [5.41, 5.74) is -0.554. The topological polar surface area (TPSA) is 75.6 Å². The van der Waals surface area contributed by atoms with Crippen molar-refractivity contribution in [2.75, 3.05) is 19.8 Å². The quantitative estimate of drug-likeness (QED) is 0.818. The second-order valence-corrected chi connectivity index (χ2v) is 10.3. The molecule has 2 unspecified atom stereocenters. The molecule has 0 spiro atoms. The molecule has 25 heavy (non-hydrogen) atoms. The van der Waals surface area contributed by atoms with Gasteiger partial charge in [0.05, 0.1) is 10.8 Å². The standard InChI is InChI=1S/C20H31NO4/c1-17-7-14-8-18(2,10-17)12-20(9-14,11-17)15(22)21-13-19(16(23)24)3-5-25-6-4-19/h14H,3-13H2,1-2H3,(H,21,22)(H,23,24). The summed E-state index contributed by atoms with van der Waals surface area (Å²) in [6, 6.07) is 0. The van der Waals surface area contributed by atoms with Gasteiger partial charge >= 0.3 is 5.97 Å². The van der Waals surface area contributed by atoms with E-state index in [0.29, 0.717) is 32.0 Å². The van der Waals surface area contributed by atoms with Crippen LogP contribution in [-0.2, 0) is 14.3 Å². The van der Waals surface area contributed by atoms with E-state index in [-0.39, 0.29) is 28.7 Å². The van der Waals surface area contributed by atoms with Gasteiger partial charge in [0, 0.05) is 19.8 Å². The highest BCUT2D eigenvalue weighted by atomic mass is 16.5. The molecule has 5 heteroatoms. The zero-order valence-electron chi connectivity index (χ0n) is 15.5. The van der Waals surface area contributed by atoms with Crippen LogP contribution in [0.2, 0.25) is 0 Å². The summed E-state index contributed by atoms with van der Waals surface area (Å²) in [6.45, 7) is 5.88. The van der Waals surface area contributed by atoms with E-state index in [1.54, 1.807) is 0 Å². The Morgan fingerprint density at radius 1 is 1.04 bits per heavy atom. The lowest BCUT2D eigenvalue weighted by atomic mass is 9.40. The number of carboxylic acids is 1. The molecule has 4 saturated carbocycles. The molecule has 2 N–H and O–H groups in total. The van der Waals surface area contributed by atoms with Crippen molar-refractivity contribution in [2.24, 2.45) is 27.6 Å². The van der Waals surface area contributed by atoms with Gasteiger partial charge in [-0.2, -0.15) is 0 Å². The molecule has 0 aromatic carbocycles. The second kappa shape index (κ2) is 5.45. The van der Waals surface area contributed by atoms with E-state index in [1.807, 2.05) is 0 Å². The van der Waals surface area contributed by atoms with Crippen molar-refractivity contribution in [3.63, 3.8) is 0 Å². The highest BCUT2D eigenvalue weighted by Gasteiger charge is 2.62. The van der Waals surface area contributed by atoms with Crippen molar-refractivity contribution >= 4 is 11.9 Å². The van der Waals surface area contributed by atoms with Gasteiger partial charge in [0.1, 0.15) is 0 Å². The minimum atomic E-state index is -0.857. The first-order valence-corrected chi connectivity index (χ1v) is 9.78. The molecule has 1 aliphatic heterocycles. The number of amides is 1. The lowest BCUT2D eigenvalue weighted by Gasteiger charge is -2.64. The number of carbonyl (C=O) groups is 2. The Balaban J connectivity index is 1.50. The monoisotopic (exact) mass is 349 g/mol. The fraction of sp³-hybridized carbons (Fsp3) is 0.900. The minimum Gasteiger partial charge on any atom is -0.481 e. The van der Waals surface area contributed by atoms with Crippen LogP contribution in [0.15, 0.2) is 0 Å². The number of ether oxygens (including phenoxy) is 1. The molecule has 1 heterocycles. The molecule has 5 aliphatic rings. The van der Waals surface area contributed by atoms with Crippen LogP contribution in [0.3, 0.4) is 0 Å². The normalized spacial score (nSPS) is 44.5. The molecule has 0 aromatic rings. The van der Waals surface area contributed by atoms with E-state index < -0.39 is 11.4 Å². The van der Waals surface area contributed by atoms with Crippen molar-refractivity contribution in [1.29, 1.82) is 0 Å². The van der Waals surface area contributed by atoms with Crippen molar-refractivity contribution in [1.82, 2.24) is 5.32 Å². The summed E-state index contributed by atoms with van der Waals surface area (Å²) >= 11 is 0. The molecule has 5 rings (SSSR count). The minimum absolute atomic E-state index is 0.112. The van der Waals surface area contributed by atoms with Crippen molar-refractivity contribution in [2.45, 2.75) is 65.2 Å².